The van der Waals surface area contributed by atoms with Crippen LogP contribution in [-0.4, -0.2) is 49.1 Å². The van der Waals surface area contributed by atoms with E-state index in [0.29, 0.717) is 44.5 Å². The lowest BCUT2D eigenvalue weighted by Gasteiger charge is -2.13. The van der Waals surface area contributed by atoms with Crippen LogP contribution in [0.1, 0.15) is 5.56 Å². The molecular weight excluding hydrogens is 382 g/mol. The highest BCUT2D eigenvalue weighted by molar-refractivity contribution is 8.26. The highest BCUT2D eigenvalue weighted by Crippen LogP contribution is 2.38. The molecule has 0 radical (unpaired) electrons. The van der Waals surface area contributed by atoms with Crippen LogP contribution < -0.4 is 9.47 Å². The normalized spacial score (nSPS) is 15.6. The molecule has 0 spiro atoms. The maximum absolute atomic E-state index is 12.5. The van der Waals surface area contributed by atoms with Gasteiger partial charge in [0.1, 0.15) is 10.9 Å². The Hall–Kier alpha value is -1.72. The zero-order chi connectivity index (χ0) is 18.4. The van der Waals surface area contributed by atoms with E-state index in [4.69, 9.17) is 44.5 Å². The Bertz CT molecular complexity index is 758. The van der Waals surface area contributed by atoms with Crippen LogP contribution in [0.3, 0.4) is 0 Å². The van der Waals surface area contributed by atoms with E-state index in [1.54, 1.807) is 25.3 Å². The number of halogens is 1. The molecule has 8 heteroatoms. The van der Waals surface area contributed by atoms with E-state index in [0.717, 1.165) is 0 Å². The maximum Gasteiger partial charge on any atom is 0.266 e. The maximum atomic E-state index is 12.5. The van der Waals surface area contributed by atoms with Crippen molar-refractivity contribution in [3.63, 3.8) is 0 Å². The Kier molecular flexibility index (Phi) is 7.14. The minimum Gasteiger partial charge on any atom is -0.493 e. The first kappa shape index (κ1) is 19.6. The lowest BCUT2D eigenvalue weighted by molar-refractivity contribution is -0.122. The Balaban J connectivity index is 2.29. The Labute approximate surface area is 161 Å². The van der Waals surface area contributed by atoms with E-state index in [1.807, 2.05) is 0 Å². The van der Waals surface area contributed by atoms with Gasteiger partial charge in [0.15, 0.2) is 11.5 Å². The van der Waals surface area contributed by atoms with Crippen LogP contribution in [-0.2, 0) is 9.53 Å². The number of rotatable bonds is 7. The predicted molar refractivity (Wildman–Crippen MR) is 104 cm³/mol. The van der Waals surface area contributed by atoms with Crippen LogP contribution in [0.4, 0.5) is 0 Å². The van der Waals surface area contributed by atoms with Gasteiger partial charge in [0, 0.05) is 7.11 Å². The fourth-order valence-electron chi connectivity index (χ4n) is 2.10. The third kappa shape index (κ3) is 4.67. The summed E-state index contributed by atoms with van der Waals surface area (Å²) >= 11 is 12.7. The predicted octanol–water partition coefficient (Wildman–Crippen LogP) is 3.21. The molecule has 1 aliphatic rings. The van der Waals surface area contributed by atoms with Crippen molar-refractivity contribution in [2.75, 3.05) is 34.0 Å². The zero-order valence-electron chi connectivity index (χ0n) is 13.7. The minimum atomic E-state index is -0.158. The van der Waals surface area contributed by atoms with Gasteiger partial charge in [0.05, 0.1) is 30.2 Å². The summed E-state index contributed by atoms with van der Waals surface area (Å²) in [6, 6.07) is 3.40. The van der Waals surface area contributed by atoms with E-state index in [9.17, 15) is 4.79 Å². The highest BCUT2D eigenvalue weighted by Gasteiger charge is 2.31. The van der Waals surface area contributed by atoms with Gasteiger partial charge in [-0.15, -0.1) is 6.42 Å². The van der Waals surface area contributed by atoms with Crippen molar-refractivity contribution in [3.05, 3.63) is 27.6 Å². The summed E-state index contributed by atoms with van der Waals surface area (Å²) in [5.74, 6) is 3.02. The van der Waals surface area contributed by atoms with Crippen molar-refractivity contribution in [1.29, 1.82) is 0 Å². The molecule has 0 saturated carbocycles. The standard InChI is InChI=1S/C17H16ClNO4S2/c1-4-6-23-15-12(18)8-11(9-13(15)22-3)10-14-16(20)19(5-7-21-2)17(24)25-14/h1,8-10H,5-7H2,2-3H3/b14-10-. The number of ether oxygens (including phenoxy) is 3. The van der Waals surface area contributed by atoms with Crippen LogP contribution in [0, 0.1) is 12.3 Å². The quantitative estimate of drug-likeness (QED) is 0.400. The number of nitrogens with zero attached hydrogens (tertiary/aromatic N) is 1. The third-order valence-corrected chi connectivity index (χ3v) is 4.90. The summed E-state index contributed by atoms with van der Waals surface area (Å²) in [4.78, 5) is 14.5. The Morgan fingerprint density at radius 2 is 2.20 bits per heavy atom. The van der Waals surface area contributed by atoms with Crippen molar-refractivity contribution in [1.82, 2.24) is 4.90 Å². The van der Waals surface area contributed by atoms with Gasteiger partial charge in [0.2, 0.25) is 0 Å². The average molecular weight is 398 g/mol. The van der Waals surface area contributed by atoms with Gasteiger partial charge in [-0.2, -0.15) is 0 Å². The first-order valence-electron chi connectivity index (χ1n) is 7.20. The SMILES string of the molecule is C#CCOc1c(Cl)cc(/C=C2\SC(=S)N(CCOC)C2=O)cc1OC. The number of hydrogen-bond donors (Lipinski definition) is 0. The number of carbonyl (C=O) groups excluding carboxylic acids is 1. The van der Waals surface area contributed by atoms with E-state index >= 15 is 0 Å². The molecule has 1 aliphatic heterocycles. The second-order valence-corrected chi connectivity index (χ2v) is 6.94. The van der Waals surface area contributed by atoms with Gasteiger partial charge in [-0.25, -0.2) is 0 Å². The van der Waals surface area contributed by atoms with Gasteiger partial charge in [-0.1, -0.05) is 41.5 Å². The first-order valence-corrected chi connectivity index (χ1v) is 8.80. The molecule has 0 N–H and O–H groups in total. The van der Waals surface area contributed by atoms with Gasteiger partial charge < -0.3 is 14.2 Å². The molecule has 1 saturated heterocycles. The summed E-state index contributed by atoms with van der Waals surface area (Å²) in [7, 11) is 3.08. The lowest BCUT2D eigenvalue weighted by atomic mass is 10.1. The Morgan fingerprint density at radius 3 is 2.84 bits per heavy atom. The number of terminal acetylenes is 1. The molecule has 0 aliphatic carbocycles. The van der Waals surface area contributed by atoms with Crippen LogP contribution in [0.15, 0.2) is 17.0 Å². The van der Waals surface area contributed by atoms with Gasteiger partial charge in [-0.3, -0.25) is 9.69 Å². The fourth-order valence-corrected chi connectivity index (χ4v) is 3.69. The van der Waals surface area contributed by atoms with Crippen molar-refractivity contribution in [3.8, 4) is 23.8 Å². The minimum absolute atomic E-state index is 0.0770. The molecule has 0 aromatic heterocycles. The number of thioether (sulfide) groups is 1. The summed E-state index contributed by atoms with van der Waals surface area (Å²) < 4.78 is 16.2. The van der Waals surface area contributed by atoms with Crippen LogP contribution in [0.2, 0.25) is 5.02 Å². The number of carbonyl (C=O) groups is 1. The largest absolute Gasteiger partial charge is 0.493 e. The molecule has 132 valence electrons. The van der Waals surface area contributed by atoms with Crippen molar-refractivity contribution in [2.24, 2.45) is 0 Å². The van der Waals surface area contributed by atoms with Gasteiger partial charge in [0.25, 0.3) is 5.91 Å². The van der Waals surface area contributed by atoms with Crippen LogP contribution >= 0.6 is 35.6 Å². The molecule has 1 fully saturated rings. The number of thiocarbonyl (C=S) groups is 1. The van der Waals surface area contributed by atoms with E-state index in [2.05, 4.69) is 5.92 Å². The third-order valence-electron chi connectivity index (χ3n) is 3.24. The van der Waals surface area contributed by atoms with Crippen molar-refractivity contribution < 1.29 is 19.0 Å². The molecular formula is C17H16ClNO4S2. The summed E-state index contributed by atoms with van der Waals surface area (Å²) in [5.41, 5.74) is 0.696. The second-order valence-electron chi connectivity index (χ2n) is 4.85. The number of benzene rings is 1. The van der Waals surface area contributed by atoms with E-state index in [-0.39, 0.29) is 12.5 Å². The number of amides is 1. The monoisotopic (exact) mass is 397 g/mol. The Morgan fingerprint density at radius 1 is 1.44 bits per heavy atom. The molecule has 2 rings (SSSR count). The van der Waals surface area contributed by atoms with Crippen LogP contribution in [0.5, 0.6) is 11.5 Å². The molecule has 1 aromatic carbocycles. The highest BCUT2D eigenvalue weighted by atomic mass is 35.5. The molecule has 0 bridgehead atoms. The van der Waals surface area contributed by atoms with Crippen molar-refractivity contribution >= 4 is 51.9 Å². The molecule has 0 atom stereocenters. The smallest absolute Gasteiger partial charge is 0.266 e. The summed E-state index contributed by atoms with van der Waals surface area (Å²) in [5, 5.41) is 0.343. The van der Waals surface area contributed by atoms with Gasteiger partial charge >= 0.3 is 0 Å². The average Bonchev–Trinajstić information content (AvgIpc) is 2.85. The van der Waals surface area contributed by atoms with Crippen LogP contribution in [0.25, 0.3) is 6.08 Å². The van der Waals surface area contributed by atoms with E-state index < -0.39 is 0 Å². The molecule has 25 heavy (non-hydrogen) atoms. The fraction of sp³-hybridized carbons (Fsp3) is 0.294. The van der Waals surface area contributed by atoms with E-state index in [1.165, 1.54) is 23.8 Å². The van der Waals surface area contributed by atoms with Gasteiger partial charge in [-0.05, 0) is 23.8 Å². The topological polar surface area (TPSA) is 48.0 Å². The summed E-state index contributed by atoms with van der Waals surface area (Å²) in [6.45, 7) is 0.912. The molecule has 5 nitrogen and oxygen atoms in total. The summed E-state index contributed by atoms with van der Waals surface area (Å²) in [6.07, 6.45) is 6.91. The first-order chi connectivity index (χ1) is 12.0. The molecule has 1 heterocycles. The molecule has 0 unspecified atom stereocenters. The molecule has 1 aromatic rings. The zero-order valence-corrected chi connectivity index (χ0v) is 16.1. The number of methoxy groups -OCH3 is 2. The number of hydrogen-bond acceptors (Lipinski definition) is 6. The molecule has 1 amide bonds. The lowest BCUT2D eigenvalue weighted by Crippen LogP contribution is -2.31. The second kappa shape index (κ2) is 9.11. The van der Waals surface area contributed by atoms with Crippen molar-refractivity contribution in [2.45, 2.75) is 0 Å².